The van der Waals surface area contributed by atoms with Crippen LogP contribution in [0.15, 0.2) is 0 Å². The first-order valence-corrected chi connectivity index (χ1v) is 33.3. The van der Waals surface area contributed by atoms with Crippen molar-refractivity contribution in [3.63, 3.8) is 0 Å². The molecule has 0 radical (unpaired) electrons. The Morgan fingerprint density at radius 1 is 0.488 bits per heavy atom. The summed E-state index contributed by atoms with van der Waals surface area (Å²) in [5.41, 5.74) is 0.155. The van der Waals surface area contributed by atoms with Crippen molar-refractivity contribution < 1.29 is 26.6 Å². The molecule has 248 valence electrons. The maximum absolute atomic E-state index is 6.27. The van der Waals surface area contributed by atoms with Gasteiger partial charge in [-0.2, -0.15) is 0 Å². The van der Waals surface area contributed by atoms with Crippen LogP contribution in [0.5, 0.6) is 0 Å². The second-order valence-electron chi connectivity index (χ2n) is 12.3. The Hall–Kier alpha value is 1.69. The van der Waals surface area contributed by atoms with Crippen LogP contribution >= 0.6 is 17.9 Å². The predicted molar refractivity (Wildman–Crippen MR) is 189 cm³/mol. The van der Waals surface area contributed by atoms with Gasteiger partial charge in [0.1, 0.15) is 0 Å². The summed E-state index contributed by atoms with van der Waals surface area (Å²) in [5.74, 6) is 2.28. The standard InChI is InChI=1S/2C11H26O3SSi.2C4H9.Sn/c2*1-6-12-16(13-7-2,14-8-3)10-11(4,5)9-15;2*1-3-4-2;/h2*15H,6-10H2,1-5H3;2*1,3-4H2,2H3;/q;;;;+2/p-2. The average Bonchev–Trinajstić information content (AvgIpc) is 2.88. The van der Waals surface area contributed by atoms with Crippen molar-refractivity contribution in [2.24, 2.45) is 10.8 Å². The van der Waals surface area contributed by atoms with Crippen LogP contribution in [0.1, 0.15) is 109 Å². The van der Waals surface area contributed by atoms with Crippen LogP contribution in [0.4, 0.5) is 0 Å². The van der Waals surface area contributed by atoms with Crippen molar-refractivity contribution >= 4 is 51.1 Å². The summed E-state index contributed by atoms with van der Waals surface area (Å²) >= 11 is -2.66. The topological polar surface area (TPSA) is 55.4 Å². The number of rotatable bonds is 28. The molecule has 0 aliphatic rings. The van der Waals surface area contributed by atoms with Crippen LogP contribution in [0.3, 0.4) is 0 Å². The third-order valence-corrected chi connectivity index (χ3v) is 45.0. The average molecular weight is 764 g/mol. The van der Waals surface area contributed by atoms with E-state index in [9.17, 15) is 0 Å². The van der Waals surface area contributed by atoms with Gasteiger partial charge in [0.05, 0.1) is 0 Å². The molecule has 0 aromatic heterocycles. The van der Waals surface area contributed by atoms with Crippen molar-refractivity contribution in [2.75, 3.05) is 51.1 Å². The molecule has 41 heavy (non-hydrogen) atoms. The van der Waals surface area contributed by atoms with Gasteiger partial charge < -0.3 is 0 Å². The number of hydrogen-bond donors (Lipinski definition) is 0. The summed E-state index contributed by atoms with van der Waals surface area (Å²) in [6.45, 7) is 30.4. The molecule has 11 heteroatoms. The summed E-state index contributed by atoms with van der Waals surface area (Å²) < 4.78 is 40.5. The number of unbranched alkanes of at least 4 members (excludes halogenated alkanes) is 2. The van der Waals surface area contributed by atoms with E-state index in [1.165, 1.54) is 34.6 Å². The van der Waals surface area contributed by atoms with Crippen LogP contribution in [-0.2, 0) is 26.6 Å². The molecule has 0 unspecified atom stereocenters. The van der Waals surface area contributed by atoms with E-state index in [2.05, 4.69) is 101 Å². The maximum atomic E-state index is 6.27. The molecule has 0 aliphatic heterocycles. The normalized spacial score (nSPS) is 13.8. The first kappa shape index (κ1) is 42.7. The van der Waals surface area contributed by atoms with Gasteiger partial charge in [-0.15, -0.1) is 0 Å². The van der Waals surface area contributed by atoms with E-state index < -0.39 is 33.2 Å². The Morgan fingerprint density at radius 3 is 0.976 bits per heavy atom. The Labute approximate surface area is 267 Å². The zero-order chi connectivity index (χ0) is 31.5. The molecule has 0 atom stereocenters. The van der Waals surface area contributed by atoms with Gasteiger partial charge in [0.2, 0.25) is 0 Å². The summed E-state index contributed by atoms with van der Waals surface area (Å²) in [6.07, 6.45) is 5.21. The number of hydrogen-bond acceptors (Lipinski definition) is 8. The third-order valence-electron chi connectivity index (χ3n) is 6.85. The molecule has 0 aliphatic carbocycles. The molecule has 0 aromatic carbocycles. The second kappa shape index (κ2) is 22.3. The minimum atomic E-state index is -2.71. The molecule has 0 fully saturated rings. The van der Waals surface area contributed by atoms with Gasteiger partial charge >= 0.3 is 269 Å². The van der Waals surface area contributed by atoms with Gasteiger partial charge in [0.25, 0.3) is 0 Å². The zero-order valence-corrected chi connectivity index (χ0v) is 35.6. The Balaban J connectivity index is 6.01. The van der Waals surface area contributed by atoms with Crippen LogP contribution in [0.25, 0.3) is 0 Å². The SMILES string of the molecule is CCC[CH2][Sn]([CH2]CCC)([S]CC(C)(C)C[Si](OCC)(OCC)OCC)[S]CC(C)(C)C[Si](OCC)(OCC)OCC. The zero-order valence-electron chi connectivity index (χ0n) is 29.1. The second-order valence-corrected chi connectivity index (χ2v) is 43.9. The van der Waals surface area contributed by atoms with Crippen LogP contribution in [0.2, 0.25) is 21.0 Å². The summed E-state index contributed by atoms with van der Waals surface area (Å²) in [6, 6.07) is 1.74. The first-order valence-electron chi connectivity index (χ1n) is 16.4. The molecule has 0 saturated carbocycles. The van der Waals surface area contributed by atoms with Gasteiger partial charge in [-0.25, -0.2) is 0 Å². The molecule has 0 saturated heterocycles. The first-order chi connectivity index (χ1) is 19.3. The molecular weight excluding hydrogens is 695 g/mol. The molecule has 0 N–H and O–H groups in total. The third kappa shape index (κ3) is 17.3. The molecule has 0 aromatic rings. The van der Waals surface area contributed by atoms with E-state index >= 15 is 0 Å². The van der Waals surface area contributed by atoms with Crippen molar-refractivity contribution in [1.29, 1.82) is 0 Å². The van der Waals surface area contributed by atoms with E-state index in [4.69, 9.17) is 26.6 Å². The fourth-order valence-corrected chi connectivity index (χ4v) is 44.6. The summed E-state index contributed by atoms with van der Waals surface area (Å²) in [5, 5.41) is 0. The van der Waals surface area contributed by atoms with Gasteiger partial charge in [-0.1, -0.05) is 0 Å². The van der Waals surface area contributed by atoms with Crippen molar-refractivity contribution in [1.82, 2.24) is 0 Å². The monoisotopic (exact) mass is 764 g/mol. The van der Waals surface area contributed by atoms with Gasteiger partial charge in [-0.05, 0) is 0 Å². The van der Waals surface area contributed by atoms with Crippen LogP contribution in [0, 0.1) is 10.8 Å². The van der Waals surface area contributed by atoms with E-state index in [1.54, 1.807) is 0 Å². The van der Waals surface area contributed by atoms with Crippen molar-refractivity contribution in [3.05, 3.63) is 0 Å². The molecule has 6 nitrogen and oxygen atoms in total. The van der Waals surface area contributed by atoms with Crippen molar-refractivity contribution in [3.8, 4) is 0 Å². The van der Waals surface area contributed by atoms with E-state index in [-0.39, 0.29) is 10.8 Å². The summed E-state index contributed by atoms with van der Waals surface area (Å²) in [7, 11) is -0.649. The fourth-order valence-electron chi connectivity index (χ4n) is 5.15. The van der Waals surface area contributed by atoms with Gasteiger partial charge in [0, 0.05) is 0 Å². The molecule has 0 spiro atoms. The van der Waals surface area contributed by atoms with E-state index in [0.29, 0.717) is 39.6 Å². The molecule has 0 rings (SSSR count). The van der Waals surface area contributed by atoms with Crippen molar-refractivity contribution in [2.45, 2.75) is 130 Å². The Bertz CT molecular complexity index is 572. The summed E-state index contributed by atoms with van der Waals surface area (Å²) in [4.78, 5) is 0. The molecule has 0 amide bonds. The molecule has 0 heterocycles. The molecular formula is C30H68O6S2Si2Sn. The van der Waals surface area contributed by atoms with Gasteiger partial charge in [-0.3, -0.25) is 0 Å². The quantitative estimate of drug-likeness (QED) is 0.0731. The minimum absolute atomic E-state index is 0.0774. The van der Waals surface area contributed by atoms with E-state index in [1.807, 2.05) is 0 Å². The van der Waals surface area contributed by atoms with Crippen LogP contribution < -0.4 is 0 Å². The van der Waals surface area contributed by atoms with E-state index in [0.717, 1.165) is 23.6 Å². The fraction of sp³-hybridized carbons (Fsp3) is 1.00. The Morgan fingerprint density at radius 2 is 0.756 bits per heavy atom. The van der Waals surface area contributed by atoms with Crippen LogP contribution in [-0.4, -0.2) is 84.4 Å². The van der Waals surface area contributed by atoms with Gasteiger partial charge in [0.15, 0.2) is 0 Å². The molecule has 0 bridgehead atoms. The predicted octanol–water partition coefficient (Wildman–Crippen LogP) is 9.64. The Kier molecular flexibility index (Phi) is 23.2.